The number of amides is 1. The summed E-state index contributed by atoms with van der Waals surface area (Å²) in [6.45, 7) is -2.06. The zero-order chi connectivity index (χ0) is 52.6. The number of benzene rings is 4. The molecule has 7 rings (SSSR count). The minimum atomic E-state index is -4.25. The van der Waals surface area contributed by atoms with E-state index in [9.17, 15) is 32.6 Å². The molecule has 1 aliphatic heterocycles. The molecule has 26 heteroatoms. The fraction of sp³-hybridized carbons (Fsp3) is 0.156. The second kappa shape index (κ2) is 27.2. The number of hydrazone groups is 1. The molecule has 0 aliphatic carbocycles. The summed E-state index contributed by atoms with van der Waals surface area (Å²) in [5.41, 5.74) is -7.40. The second-order valence-corrected chi connectivity index (χ2v) is 30.5. The number of hydrazine groups is 1. The van der Waals surface area contributed by atoms with Gasteiger partial charge in [-0.3, -0.25) is 26.0 Å². The van der Waals surface area contributed by atoms with Gasteiger partial charge in [0.2, 0.25) is 5.91 Å². The molecule has 0 bridgehead atoms. The molecule has 1 amide bonds. The summed E-state index contributed by atoms with van der Waals surface area (Å²) in [7, 11) is 0. The first-order valence-corrected chi connectivity index (χ1v) is 38.3. The van der Waals surface area contributed by atoms with Gasteiger partial charge >= 0.3 is 62.3 Å². The summed E-state index contributed by atoms with van der Waals surface area (Å²) in [6.07, 6.45) is 2.96. The van der Waals surface area contributed by atoms with E-state index in [1.54, 1.807) is 0 Å². The molecule has 0 spiro atoms. The van der Waals surface area contributed by atoms with Crippen LogP contribution < -0.4 is 34.0 Å². The summed E-state index contributed by atoms with van der Waals surface area (Å²) in [6, 6.07) is 23.7. The van der Waals surface area contributed by atoms with Gasteiger partial charge in [0.1, 0.15) is 57.7 Å². The van der Waals surface area contributed by atoms with Gasteiger partial charge in [0, 0.05) is 73.3 Å². The van der Waals surface area contributed by atoms with Gasteiger partial charge in [-0.05, 0) is 91.0 Å². The van der Waals surface area contributed by atoms with Crippen LogP contribution in [0.3, 0.4) is 0 Å². The van der Waals surface area contributed by atoms with E-state index in [1.807, 2.05) is 17.6 Å². The number of halogens is 13. The first-order valence-electron chi connectivity index (χ1n) is 19.4. The van der Waals surface area contributed by atoms with Gasteiger partial charge < -0.3 is 19.7 Å². The van der Waals surface area contributed by atoms with Gasteiger partial charge in [-0.2, -0.15) is 33.2 Å². The molecule has 0 fully saturated rings. The molecule has 3 heterocycles. The predicted octanol–water partition coefficient (Wildman–Crippen LogP) is 8.23. The van der Waals surface area contributed by atoms with Crippen molar-refractivity contribution in [2.24, 2.45) is 10.9 Å². The molecule has 4 aromatic carbocycles. The van der Waals surface area contributed by atoms with Crippen LogP contribution in [0.25, 0.3) is 0 Å². The Hall–Kier alpha value is -4.17. The maximum absolute atomic E-state index is 15.8. The molecule has 2 unspecified atom stereocenters. The predicted molar refractivity (Wildman–Crippen MR) is 272 cm³/mol. The Morgan fingerprint density at radius 1 is 0.676 bits per heavy atom. The summed E-state index contributed by atoms with van der Waals surface area (Å²) in [5.74, 6) is -7.88. The minimum Gasteiger partial charge on any atom is -0.456 e. The van der Waals surface area contributed by atoms with Gasteiger partial charge in [0.25, 0.3) is 0 Å². The van der Waals surface area contributed by atoms with Crippen LogP contribution in [0.5, 0.6) is 23.0 Å². The molecule has 0 saturated heterocycles. The number of alkyl halides is 4. The Bertz CT molecular complexity index is 2850. The van der Waals surface area contributed by atoms with Crippen LogP contribution in [0.4, 0.5) is 35.1 Å². The molecule has 71 heavy (non-hydrogen) atoms. The van der Waals surface area contributed by atoms with E-state index in [0.29, 0.717) is 59.1 Å². The van der Waals surface area contributed by atoms with Gasteiger partial charge in [0.05, 0.1) is 48.6 Å². The Labute approximate surface area is 452 Å². The first-order chi connectivity index (χ1) is 33.8. The topological polar surface area (TPSA) is 203 Å². The van der Waals surface area contributed by atoms with Crippen LogP contribution in [-0.4, -0.2) is 50.4 Å². The molecule has 2 atom stereocenters. The summed E-state index contributed by atoms with van der Waals surface area (Å²) >= 11 is 9.54. The minimum absolute atomic E-state index is 0.0741. The van der Waals surface area contributed by atoms with Gasteiger partial charge in [-0.1, -0.05) is 6.07 Å². The van der Waals surface area contributed by atoms with Crippen molar-refractivity contribution < 1.29 is 72.9 Å². The molecule has 5 N–H and O–H groups in total. The zero-order valence-electron chi connectivity index (χ0n) is 35.5. The van der Waals surface area contributed by atoms with Crippen molar-refractivity contribution >= 4 is 86.6 Å². The van der Waals surface area contributed by atoms with Crippen molar-refractivity contribution in [3.05, 3.63) is 178 Å². The van der Waals surface area contributed by atoms with Crippen LogP contribution in [0, 0.1) is 45.9 Å². The number of ether oxygens (including phenoxy) is 2. The number of carbonyl (C=O) groups excluding carboxylic acids is 1. The smallest absolute Gasteiger partial charge is 0.323 e. The van der Waals surface area contributed by atoms with E-state index in [1.165, 1.54) is 54.6 Å². The third-order valence-electron chi connectivity index (χ3n) is 9.86. The second-order valence-electron chi connectivity index (χ2n) is 14.2. The molecule has 1 aliphatic rings. The normalized spacial score (nSPS) is 13.6. The SMILES string of the molecule is II.I[I-]I.N#Cc1ccc(Oc2ccc(C(F)(F)C(O)(CN3N=CCC3=O)c3ccc(F)cc3F)nc2)cc1.N#Cc1ccc(Oc2ccc(C(F)(F)C(O)(CNN)c3ccc(F)cc3F)nc2)cc1. The summed E-state index contributed by atoms with van der Waals surface area (Å²) in [5, 5.41) is 43.8. The molecule has 6 aromatic rings. The number of nitriles is 2. The number of nitrogens with one attached hydrogen (secondary N) is 1. The zero-order valence-corrected chi connectivity index (χ0v) is 46.3. The van der Waals surface area contributed by atoms with Crippen LogP contribution in [-0.2, 0) is 27.8 Å². The first kappa shape index (κ1) is 59.4. The molecule has 13 nitrogen and oxygen atoms in total. The Morgan fingerprint density at radius 2 is 1.07 bits per heavy atom. The van der Waals surface area contributed by atoms with Gasteiger partial charge in [0.15, 0.2) is 11.2 Å². The molecule has 374 valence electrons. The maximum atomic E-state index is 15.8. The monoisotopic (exact) mass is 1550 g/mol. The third-order valence-corrected chi connectivity index (χ3v) is 9.86. The number of pyridine rings is 2. The van der Waals surface area contributed by atoms with Crippen molar-refractivity contribution in [2.75, 3.05) is 13.1 Å². The number of hydrogen-bond acceptors (Lipinski definition) is 12. The van der Waals surface area contributed by atoms with E-state index in [-0.39, 0.29) is 17.9 Å². The van der Waals surface area contributed by atoms with Crippen LogP contribution in [0.2, 0.25) is 0 Å². The van der Waals surface area contributed by atoms with Crippen molar-refractivity contribution in [3.8, 4) is 35.1 Å². The summed E-state index contributed by atoms with van der Waals surface area (Å²) in [4.78, 5) is 19.3. The summed E-state index contributed by atoms with van der Waals surface area (Å²) < 4.78 is 129. The number of nitrogens with two attached hydrogens (primary N) is 1. The van der Waals surface area contributed by atoms with Gasteiger partial charge in [-0.15, -0.1) is 0 Å². The Kier molecular flexibility index (Phi) is 22.8. The number of carbonyl (C=O) groups is 1. The average Bonchev–Trinajstić information content (AvgIpc) is 3.76. The van der Waals surface area contributed by atoms with Crippen LogP contribution in [0.1, 0.15) is 40.1 Å². The molecule has 0 saturated carbocycles. The number of aromatic nitrogens is 2. The van der Waals surface area contributed by atoms with E-state index in [4.69, 9.17) is 25.8 Å². The molecular formula is C45H32F8I5N8O5-. The average molecular weight is 1550 g/mol. The number of aliphatic hydroxyl groups is 2. The number of rotatable bonds is 14. The third kappa shape index (κ3) is 14.8. The fourth-order valence-corrected chi connectivity index (χ4v) is 6.40. The maximum Gasteiger partial charge on any atom is 0.323 e. The van der Waals surface area contributed by atoms with E-state index in [0.717, 1.165) is 55.0 Å². The largest absolute Gasteiger partial charge is 0.456 e. The van der Waals surface area contributed by atoms with Crippen LogP contribution >= 0.6 is 74.5 Å². The molecular weight excluding hydrogens is 1520 g/mol. The molecule has 2 aromatic heterocycles. The number of hydrogen-bond donors (Lipinski definition) is 4. The fourth-order valence-electron chi connectivity index (χ4n) is 6.40. The van der Waals surface area contributed by atoms with Gasteiger partial charge in [-0.25, -0.2) is 22.6 Å². The Morgan fingerprint density at radius 3 is 1.41 bits per heavy atom. The molecule has 0 radical (unpaired) electrons. The van der Waals surface area contributed by atoms with E-state index in [2.05, 4.69) is 89.5 Å². The van der Waals surface area contributed by atoms with Crippen molar-refractivity contribution in [2.45, 2.75) is 29.5 Å². The van der Waals surface area contributed by atoms with E-state index >= 15 is 17.6 Å². The number of β-amino-alcohol motifs (C(OH)–C–C–N with tert-alkyl or cyclic N) is 1. The van der Waals surface area contributed by atoms with Crippen molar-refractivity contribution in [3.63, 3.8) is 0 Å². The van der Waals surface area contributed by atoms with Crippen LogP contribution in [0.15, 0.2) is 127 Å². The Balaban J connectivity index is 0.000000285. The standard InChI is InChI=1S/C24H16F4N4O3.C21H16F4N4O2.I3.I2/c25-16-3-7-19(20(26)11-16)23(34,14-32-22(33)9-10-31-32)24(27,28)21-8-6-18(13-30-21)35-17-4-1-15(12-29)2-5-17;22-14-3-7-17(18(23)9-14)20(30,12-29-27)21(24,25)19-8-6-16(11-28-19)31-15-4-1-13(10-26)2-5-15;1-3-2;1-2/h1-8,10-11,13,34H,9,14H2;1-9,11,29-30H,12,27H2;;/q;;-1;. The quantitative estimate of drug-likeness (QED) is 0.0354. The van der Waals surface area contributed by atoms with E-state index < -0.39 is 87.8 Å². The number of nitrogens with zero attached hydrogens (tertiary/aromatic N) is 6. The van der Waals surface area contributed by atoms with Crippen molar-refractivity contribution in [1.82, 2.24) is 20.4 Å². The van der Waals surface area contributed by atoms with Crippen molar-refractivity contribution in [1.29, 1.82) is 10.5 Å².